The minimum absolute atomic E-state index is 0.164. The number of nitrogens with one attached hydrogen (secondary N) is 1. The number of aromatic nitrogens is 2. The summed E-state index contributed by atoms with van der Waals surface area (Å²) in [5.74, 6) is 0.922. The van der Waals surface area contributed by atoms with Crippen molar-refractivity contribution in [3.05, 3.63) is 45.6 Å². The smallest absolute Gasteiger partial charge is 0.231 e. The van der Waals surface area contributed by atoms with Gasteiger partial charge in [0, 0.05) is 27.1 Å². The number of rotatable bonds is 4. The van der Waals surface area contributed by atoms with E-state index in [9.17, 15) is 4.79 Å². The van der Waals surface area contributed by atoms with Gasteiger partial charge in [-0.25, -0.2) is 15.0 Å². The van der Waals surface area contributed by atoms with Crippen LogP contribution in [0.3, 0.4) is 0 Å². The van der Waals surface area contributed by atoms with Crippen LogP contribution in [0.25, 0.3) is 0 Å². The average molecular weight is 412 g/mol. The molecule has 0 aliphatic rings. The molecule has 1 N–H and O–H groups in total. The number of amides is 1. The second-order valence-corrected chi connectivity index (χ2v) is 6.10. The highest BCUT2D eigenvalue weighted by atomic mass is 79.9. The molecule has 0 unspecified atom stereocenters. The lowest BCUT2D eigenvalue weighted by Gasteiger charge is -2.04. The molecule has 0 aromatic carbocycles. The summed E-state index contributed by atoms with van der Waals surface area (Å²) in [5, 5.41) is 2.72. The van der Waals surface area contributed by atoms with E-state index in [-0.39, 0.29) is 12.3 Å². The molecule has 0 bridgehead atoms. The monoisotopic (exact) mass is 410 g/mol. The van der Waals surface area contributed by atoms with Gasteiger partial charge in [0.2, 0.25) is 5.91 Å². The van der Waals surface area contributed by atoms with E-state index < -0.39 is 0 Å². The summed E-state index contributed by atoms with van der Waals surface area (Å²) >= 11 is 6.60. The van der Waals surface area contributed by atoms with Gasteiger partial charge in [-0.15, -0.1) is 0 Å². The van der Waals surface area contributed by atoms with E-state index in [0.717, 1.165) is 8.95 Å². The standard InChI is InChI=1S/C14H12Br2N4O/c1-9(19-12-4-2-10(15)7-17-12)6-14(21)20-13-5-3-11(16)8-18-13/h2-5,7-8H,6H2,1H3,(H,18,20,21). The molecule has 108 valence electrons. The average Bonchev–Trinajstić information content (AvgIpc) is 2.44. The van der Waals surface area contributed by atoms with Crippen LogP contribution in [0.4, 0.5) is 11.6 Å². The van der Waals surface area contributed by atoms with E-state index >= 15 is 0 Å². The summed E-state index contributed by atoms with van der Waals surface area (Å²) in [7, 11) is 0. The van der Waals surface area contributed by atoms with Crippen molar-refractivity contribution in [3.63, 3.8) is 0 Å². The Bertz CT molecular complexity index is 654. The van der Waals surface area contributed by atoms with Gasteiger partial charge >= 0.3 is 0 Å². The van der Waals surface area contributed by atoms with E-state index in [2.05, 4.69) is 52.1 Å². The topological polar surface area (TPSA) is 67.2 Å². The van der Waals surface area contributed by atoms with Crippen LogP contribution in [0.5, 0.6) is 0 Å². The van der Waals surface area contributed by atoms with Crippen molar-refractivity contribution < 1.29 is 4.79 Å². The van der Waals surface area contributed by atoms with E-state index in [1.165, 1.54) is 0 Å². The van der Waals surface area contributed by atoms with Crippen molar-refractivity contribution in [2.45, 2.75) is 13.3 Å². The highest BCUT2D eigenvalue weighted by Gasteiger charge is 2.05. The maximum absolute atomic E-state index is 11.9. The van der Waals surface area contributed by atoms with Gasteiger partial charge in [0.25, 0.3) is 0 Å². The van der Waals surface area contributed by atoms with Crippen molar-refractivity contribution in [1.29, 1.82) is 0 Å². The largest absolute Gasteiger partial charge is 0.310 e. The van der Waals surface area contributed by atoms with Crippen molar-refractivity contribution in [2.75, 3.05) is 5.32 Å². The van der Waals surface area contributed by atoms with E-state index in [0.29, 0.717) is 17.3 Å². The summed E-state index contributed by atoms with van der Waals surface area (Å²) in [4.78, 5) is 24.4. The molecule has 2 aromatic heterocycles. The van der Waals surface area contributed by atoms with Crippen LogP contribution < -0.4 is 5.32 Å². The molecular formula is C14H12Br2N4O. The van der Waals surface area contributed by atoms with Crippen LogP contribution in [-0.2, 0) is 4.79 Å². The molecule has 0 saturated carbocycles. The number of halogens is 2. The minimum Gasteiger partial charge on any atom is -0.310 e. The van der Waals surface area contributed by atoms with Gasteiger partial charge in [-0.05, 0) is 63.0 Å². The van der Waals surface area contributed by atoms with Crippen molar-refractivity contribution in [2.24, 2.45) is 4.99 Å². The summed E-state index contributed by atoms with van der Waals surface area (Å²) < 4.78 is 1.75. The van der Waals surface area contributed by atoms with Gasteiger partial charge in [0.05, 0.1) is 6.42 Å². The van der Waals surface area contributed by atoms with Gasteiger partial charge in [-0.1, -0.05) is 0 Å². The molecule has 0 aliphatic heterocycles. The second kappa shape index (κ2) is 7.42. The number of nitrogens with zero attached hydrogens (tertiary/aromatic N) is 3. The first-order valence-corrected chi connectivity index (χ1v) is 7.68. The molecule has 5 nitrogen and oxygen atoms in total. The molecule has 7 heteroatoms. The lowest BCUT2D eigenvalue weighted by molar-refractivity contribution is -0.115. The number of hydrogen-bond acceptors (Lipinski definition) is 4. The fraction of sp³-hybridized carbons (Fsp3) is 0.143. The number of aliphatic imine (C=N–C) groups is 1. The van der Waals surface area contributed by atoms with Gasteiger partial charge in [0.15, 0.2) is 5.82 Å². The summed E-state index contributed by atoms with van der Waals surface area (Å²) in [6, 6.07) is 7.17. The molecule has 0 atom stereocenters. The maximum Gasteiger partial charge on any atom is 0.231 e. The summed E-state index contributed by atoms with van der Waals surface area (Å²) in [6.07, 6.45) is 3.48. The Hall–Kier alpha value is -1.60. The lowest BCUT2D eigenvalue weighted by atomic mass is 10.3. The van der Waals surface area contributed by atoms with E-state index in [4.69, 9.17) is 0 Å². The van der Waals surface area contributed by atoms with Crippen LogP contribution in [-0.4, -0.2) is 21.6 Å². The number of carbonyl (C=O) groups is 1. The molecule has 0 spiro atoms. The third kappa shape index (κ3) is 5.35. The van der Waals surface area contributed by atoms with Gasteiger partial charge in [0.1, 0.15) is 5.82 Å². The molecule has 0 aliphatic carbocycles. The maximum atomic E-state index is 11.9. The quantitative estimate of drug-likeness (QED) is 0.769. The number of carbonyl (C=O) groups excluding carboxylic acids is 1. The molecule has 2 aromatic rings. The fourth-order valence-corrected chi connectivity index (χ4v) is 2.01. The molecular weight excluding hydrogens is 400 g/mol. The zero-order chi connectivity index (χ0) is 15.2. The van der Waals surface area contributed by atoms with Crippen LogP contribution in [0, 0.1) is 0 Å². The predicted molar refractivity (Wildman–Crippen MR) is 89.9 cm³/mol. The third-order valence-electron chi connectivity index (χ3n) is 2.43. The molecule has 0 saturated heterocycles. The molecule has 1 amide bonds. The van der Waals surface area contributed by atoms with Gasteiger partial charge < -0.3 is 5.32 Å². The normalized spacial score (nSPS) is 11.3. The third-order valence-corrected chi connectivity index (χ3v) is 3.37. The first-order valence-electron chi connectivity index (χ1n) is 6.10. The first kappa shape index (κ1) is 15.8. The van der Waals surface area contributed by atoms with Gasteiger partial charge in [-0.2, -0.15) is 0 Å². The Kier molecular flexibility index (Phi) is 5.58. The van der Waals surface area contributed by atoms with Crippen molar-refractivity contribution in [1.82, 2.24) is 9.97 Å². The van der Waals surface area contributed by atoms with Crippen molar-refractivity contribution >= 4 is 55.1 Å². The van der Waals surface area contributed by atoms with Crippen LogP contribution >= 0.6 is 31.9 Å². The SMILES string of the molecule is CC(CC(=O)Nc1ccc(Br)cn1)=Nc1ccc(Br)cn1. The zero-order valence-electron chi connectivity index (χ0n) is 11.2. The summed E-state index contributed by atoms with van der Waals surface area (Å²) in [5.41, 5.74) is 0.680. The molecule has 21 heavy (non-hydrogen) atoms. The zero-order valence-corrected chi connectivity index (χ0v) is 14.3. The second-order valence-electron chi connectivity index (χ2n) is 4.27. The molecule has 0 radical (unpaired) electrons. The predicted octanol–water partition coefficient (Wildman–Crippen LogP) is 4.12. The Labute approximate surface area is 139 Å². The highest BCUT2D eigenvalue weighted by Crippen LogP contribution is 2.14. The first-order chi connectivity index (χ1) is 10.0. The minimum atomic E-state index is -0.164. The lowest BCUT2D eigenvalue weighted by Crippen LogP contribution is -2.15. The van der Waals surface area contributed by atoms with Crippen LogP contribution in [0.2, 0.25) is 0 Å². The fourth-order valence-electron chi connectivity index (χ4n) is 1.54. The number of hydrogen-bond donors (Lipinski definition) is 1. The Balaban J connectivity index is 1.95. The Morgan fingerprint density at radius 2 is 1.81 bits per heavy atom. The van der Waals surface area contributed by atoms with E-state index in [1.807, 2.05) is 12.1 Å². The number of anilines is 1. The molecule has 0 fully saturated rings. The Morgan fingerprint density at radius 1 is 1.14 bits per heavy atom. The van der Waals surface area contributed by atoms with Crippen LogP contribution in [0.15, 0.2) is 50.6 Å². The summed E-state index contributed by atoms with van der Waals surface area (Å²) in [6.45, 7) is 1.79. The Morgan fingerprint density at radius 3 is 2.38 bits per heavy atom. The van der Waals surface area contributed by atoms with Gasteiger partial charge in [-0.3, -0.25) is 4.79 Å². The van der Waals surface area contributed by atoms with E-state index in [1.54, 1.807) is 31.5 Å². The number of pyridine rings is 2. The molecule has 2 rings (SSSR count). The van der Waals surface area contributed by atoms with Crippen LogP contribution in [0.1, 0.15) is 13.3 Å². The molecule has 2 heterocycles. The van der Waals surface area contributed by atoms with Crippen molar-refractivity contribution in [3.8, 4) is 0 Å². The highest BCUT2D eigenvalue weighted by molar-refractivity contribution is 9.10.